The SMILES string of the molecule is CN=C(NCCCn1cccn1)NCc1ccnc(OCc2ccccc2)c1.I. The highest BCUT2D eigenvalue weighted by molar-refractivity contribution is 14.0. The molecule has 8 heteroatoms. The lowest BCUT2D eigenvalue weighted by Gasteiger charge is -2.12. The zero-order chi connectivity index (χ0) is 19.4. The van der Waals surface area contributed by atoms with Gasteiger partial charge in [0.1, 0.15) is 6.61 Å². The van der Waals surface area contributed by atoms with Crippen LogP contribution < -0.4 is 15.4 Å². The number of nitrogens with one attached hydrogen (secondary N) is 2. The molecule has 2 N–H and O–H groups in total. The Labute approximate surface area is 188 Å². The minimum atomic E-state index is 0. The van der Waals surface area contributed by atoms with E-state index in [1.807, 2.05) is 59.4 Å². The summed E-state index contributed by atoms with van der Waals surface area (Å²) >= 11 is 0. The fourth-order valence-corrected chi connectivity index (χ4v) is 2.66. The summed E-state index contributed by atoms with van der Waals surface area (Å²) in [4.78, 5) is 8.54. The van der Waals surface area contributed by atoms with Crippen molar-refractivity contribution in [1.29, 1.82) is 0 Å². The second-order valence-corrected chi connectivity index (χ2v) is 6.25. The number of ether oxygens (including phenoxy) is 1. The predicted molar refractivity (Wildman–Crippen MR) is 125 cm³/mol. The number of hydrogen-bond donors (Lipinski definition) is 2. The first kappa shape index (κ1) is 22.7. The van der Waals surface area contributed by atoms with Crippen molar-refractivity contribution in [1.82, 2.24) is 25.4 Å². The van der Waals surface area contributed by atoms with Crippen LogP contribution in [-0.4, -0.2) is 34.3 Å². The van der Waals surface area contributed by atoms with Gasteiger partial charge in [-0.2, -0.15) is 5.10 Å². The molecule has 0 atom stereocenters. The van der Waals surface area contributed by atoms with Gasteiger partial charge in [0, 0.05) is 51.3 Å². The van der Waals surface area contributed by atoms with Crippen molar-refractivity contribution in [2.45, 2.75) is 26.1 Å². The third-order valence-electron chi connectivity index (χ3n) is 4.13. The van der Waals surface area contributed by atoms with E-state index >= 15 is 0 Å². The Morgan fingerprint density at radius 1 is 1.07 bits per heavy atom. The molecule has 0 radical (unpaired) electrons. The molecule has 0 saturated carbocycles. The molecule has 0 bridgehead atoms. The van der Waals surface area contributed by atoms with Crippen LogP contribution in [0.2, 0.25) is 0 Å². The molecule has 3 aromatic rings. The topological polar surface area (TPSA) is 76.4 Å². The second-order valence-electron chi connectivity index (χ2n) is 6.25. The average Bonchev–Trinajstić information content (AvgIpc) is 3.26. The Morgan fingerprint density at radius 2 is 1.93 bits per heavy atom. The number of hydrogen-bond acceptors (Lipinski definition) is 4. The van der Waals surface area contributed by atoms with Gasteiger partial charge in [0.05, 0.1) is 0 Å². The molecule has 154 valence electrons. The smallest absolute Gasteiger partial charge is 0.213 e. The van der Waals surface area contributed by atoms with Crippen LogP contribution in [-0.2, 0) is 19.7 Å². The molecular weight excluding hydrogens is 479 g/mol. The van der Waals surface area contributed by atoms with Gasteiger partial charge in [0.2, 0.25) is 5.88 Å². The molecule has 7 nitrogen and oxygen atoms in total. The van der Waals surface area contributed by atoms with Crippen molar-refractivity contribution in [2.24, 2.45) is 4.99 Å². The highest BCUT2D eigenvalue weighted by atomic mass is 127. The number of halogens is 1. The monoisotopic (exact) mass is 506 g/mol. The van der Waals surface area contributed by atoms with Gasteiger partial charge in [-0.15, -0.1) is 24.0 Å². The normalized spacial score (nSPS) is 10.9. The Balaban J connectivity index is 0.00000300. The molecule has 0 amide bonds. The summed E-state index contributed by atoms with van der Waals surface area (Å²) in [5.41, 5.74) is 2.20. The number of aryl methyl sites for hydroxylation is 1. The number of nitrogens with zero attached hydrogens (tertiary/aromatic N) is 4. The van der Waals surface area contributed by atoms with E-state index in [1.165, 1.54) is 0 Å². The number of aromatic nitrogens is 3. The van der Waals surface area contributed by atoms with Gasteiger partial charge in [-0.05, 0) is 29.7 Å². The average molecular weight is 506 g/mol. The number of benzene rings is 1. The van der Waals surface area contributed by atoms with Gasteiger partial charge in [0.15, 0.2) is 5.96 Å². The molecule has 2 aromatic heterocycles. The van der Waals surface area contributed by atoms with Crippen LogP contribution in [0.25, 0.3) is 0 Å². The summed E-state index contributed by atoms with van der Waals surface area (Å²) < 4.78 is 7.71. The lowest BCUT2D eigenvalue weighted by atomic mass is 10.2. The second kappa shape index (κ2) is 12.8. The van der Waals surface area contributed by atoms with E-state index in [2.05, 4.69) is 25.7 Å². The van der Waals surface area contributed by atoms with E-state index in [4.69, 9.17) is 4.74 Å². The maximum Gasteiger partial charge on any atom is 0.213 e. The van der Waals surface area contributed by atoms with Gasteiger partial charge in [-0.1, -0.05) is 30.3 Å². The van der Waals surface area contributed by atoms with E-state index in [0.29, 0.717) is 19.0 Å². The van der Waals surface area contributed by atoms with Crippen LogP contribution in [0.3, 0.4) is 0 Å². The molecule has 0 unspecified atom stereocenters. The van der Waals surface area contributed by atoms with Crippen LogP contribution in [0.1, 0.15) is 17.5 Å². The molecule has 1 aromatic carbocycles. The van der Waals surface area contributed by atoms with E-state index in [-0.39, 0.29) is 24.0 Å². The lowest BCUT2D eigenvalue weighted by molar-refractivity contribution is 0.293. The molecule has 0 spiro atoms. The summed E-state index contributed by atoms with van der Waals surface area (Å²) in [5, 5.41) is 10.8. The number of guanidine groups is 1. The van der Waals surface area contributed by atoms with Crippen molar-refractivity contribution >= 4 is 29.9 Å². The summed E-state index contributed by atoms with van der Waals surface area (Å²) in [6, 6.07) is 15.9. The van der Waals surface area contributed by atoms with Crippen molar-refractivity contribution in [3.63, 3.8) is 0 Å². The van der Waals surface area contributed by atoms with Crippen molar-refractivity contribution in [3.05, 3.63) is 78.2 Å². The van der Waals surface area contributed by atoms with Crippen LogP contribution in [0.5, 0.6) is 5.88 Å². The molecule has 0 aliphatic rings. The lowest BCUT2D eigenvalue weighted by Crippen LogP contribution is -2.37. The summed E-state index contributed by atoms with van der Waals surface area (Å²) in [6.07, 6.45) is 6.49. The van der Waals surface area contributed by atoms with Gasteiger partial charge in [-0.25, -0.2) is 4.98 Å². The molecule has 2 heterocycles. The van der Waals surface area contributed by atoms with Crippen molar-refractivity contribution in [3.8, 4) is 5.88 Å². The van der Waals surface area contributed by atoms with Gasteiger partial charge in [0.25, 0.3) is 0 Å². The minimum Gasteiger partial charge on any atom is -0.473 e. The fraction of sp³-hybridized carbons (Fsp3) is 0.286. The largest absolute Gasteiger partial charge is 0.473 e. The van der Waals surface area contributed by atoms with Crippen LogP contribution in [0, 0.1) is 0 Å². The molecular formula is C21H27IN6O. The van der Waals surface area contributed by atoms with Gasteiger partial charge >= 0.3 is 0 Å². The first-order valence-corrected chi connectivity index (χ1v) is 9.37. The summed E-state index contributed by atoms with van der Waals surface area (Å²) in [6.45, 7) is 2.85. The number of aliphatic imine (C=N–C) groups is 1. The van der Waals surface area contributed by atoms with Crippen LogP contribution >= 0.6 is 24.0 Å². The van der Waals surface area contributed by atoms with Crippen molar-refractivity contribution < 1.29 is 4.74 Å². The summed E-state index contributed by atoms with van der Waals surface area (Å²) in [7, 11) is 1.77. The minimum absolute atomic E-state index is 0. The Kier molecular flexibility index (Phi) is 9.98. The Hall–Kier alpha value is -2.62. The van der Waals surface area contributed by atoms with Crippen molar-refractivity contribution in [2.75, 3.05) is 13.6 Å². The van der Waals surface area contributed by atoms with E-state index < -0.39 is 0 Å². The molecule has 29 heavy (non-hydrogen) atoms. The summed E-state index contributed by atoms with van der Waals surface area (Å²) in [5.74, 6) is 1.38. The van der Waals surface area contributed by atoms with E-state index in [0.717, 1.165) is 36.6 Å². The molecule has 0 aliphatic carbocycles. The van der Waals surface area contributed by atoms with Crippen LogP contribution in [0.4, 0.5) is 0 Å². The van der Waals surface area contributed by atoms with Gasteiger partial charge in [-0.3, -0.25) is 9.67 Å². The number of pyridine rings is 1. The number of rotatable bonds is 9. The maximum absolute atomic E-state index is 5.79. The zero-order valence-electron chi connectivity index (χ0n) is 16.5. The molecule has 3 rings (SSSR count). The van der Waals surface area contributed by atoms with Crippen LogP contribution in [0.15, 0.2) is 72.1 Å². The quantitative estimate of drug-likeness (QED) is 0.202. The first-order chi connectivity index (χ1) is 13.8. The fourth-order valence-electron chi connectivity index (χ4n) is 2.66. The third kappa shape index (κ3) is 8.10. The van der Waals surface area contributed by atoms with E-state index in [1.54, 1.807) is 19.4 Å². The standard InChI is InChI=1S/C21H26N6O.HI/c1-22-21(24-10-5-13-27-14-6-11-26-27)25-16-19-9-12-23-20(15-19)28-17-18-7-3-2-4-8-18;/h2-4,6-9,11-12,14-15H,5,10,13,16-17H2,1H3,(H2,22,24,25);1H. The predicted octanol–water partition coefficient (Wildman–Crippen LogP) is 3.23. The highest BCUT2D eigenvalue weighted by Gasteiger charge is 2.02. The van der Waals surface area contributed by atoms with Gasteiger partial charge < -0.3 is 15.4 Å². The molecule has 0 fully saturated rings. The first-order valence-electron chi connectivity index (χ1n) is 9.37. The third-order valence-corrected chi connectivity index (χ3v) is 4.13. The molecule has 0 aliphatic heterocycles. The van der Waals surface area contributed by atoms with E-state index in [9.17, 15) is 0 Å². The highest BCUT2D eigenvalue weighted by Crippen LogP contribution is 2.11. The molecule has 0 saturated heterocycles. The zero-order valence-corrected chi connectivity index (χ0v) is 18.8. The Bertz CT molecular complexity index is 855. The maximum atomic E-state index is 5.79. The Morgan fingerprint density at radius 3 is 2.69 bits per heavy atom.